The first-order valence-electron chi connectivity index (χ1n) is 12.1. The molecule has 6 rings (SSSR count). The summed E-state index contributed by atoms with van der Waals surface area (Å²) in [4.78, 5) is 30.7. The molecule has 7 nitrogen and oxygen atoms in total. The molecule has 2 aromatic heterocycles. The number of terminal acetylenes is 1. The van der Waals surface area contributed by atoms with E-state index in [0.717, 1.165) is 16.6 Å². The molecule has 2 aliphatic carbocycles. The number of carbonyl (C=O) groups is 2. The van der Waals surface area contributed by atoms with Crippen molar-refractivity contribution in [3.63, 3.8) is 0 Å². The summed E-state index contributed by atoms with van der Waals surface area (Å²) in [6, 6.07) is 12.7. The summed E-state index contributed by atoms with van der Waals surface area (Å²) >= 11 is 0. The molecule has 4 aromatic rings. The van der Waals surface area contributed by atoms with E-state index in [0.29, 0.717) is 29.4 Å². The van der Waals surface area contributed by atoms with Crippen LogP contribution in [0.15, 0.2) is 57.7 Å². The van der Waals surface area contributed by atoms with Crippen molar-refractivity contribution in [3.8, 4) is 23.5 Å². The summed E-state index contributed by atoms with van der Waals surface area (Å²) in [7, 11) is 0. The number of amides is 2. The fraction of sp³-hybridized carbons (Fsp3) is 0.321. The minimum absolute atomic E-state index is 0.0123. The van der Waals surface area contributed by atoms with E-state index in [1.165, 1.54) is 6.39 Å². The molecule has 2 aliphatic rings. The van der Waals surface area contributed by atoms with Crippen LogP contribution in [0.1, 0.15) is 49.1 Å². The number of hydrogen-bond acceptors (Lipinski definition) is 5. The van der Waals surface area contributed by atoms with Crippen LogP contribution in [0.3, 0.4) is 0 Å². The summed E-state index contributed by atoms with van der Waals surface area (Å²) in [6.07, 6.45) is 6.74. The quantitative estimate of drug-likeness (QED) is 0.365. The molecule has 2 fully saturated rings. The second-order valence-electron chi connectivity index (χ2n) is 9.97. The number of furan rings is 1. The van der Waals surface area contributed by atoms with Crippen molar-refractivity contribution >= 4 is 33.9 Å². The van der Waals surface area contributed by atoms with Crippen LogP contribution in [0, 0.1) is 12.3 Å². The number of nitrogens with zero attached hydrogens (tertiary/aromatic N) is 1. The van der Waals surface area contributed by atoms with Crippen LogP contribution < -0.4 is 10.6 Å². The van der Waals surface area contributed by atoms with E-state index in [9.17, 15) is 18.4 Å². The molecule has 0 radical (unpaired) electrons. The molecular weight excluding hydrogens is 480 g/mol. The molecule has 0 bridgehead atoms. The molecule has 9 heteroatoms. The zero-order valence-electron chi connectivity index (χ0n) is 19.8. The van der Waals surface area contributed by atoms with Crippen molar-refractivity contribution < 1.29 is 27.2 Å². The minimum Gasteiger partial charge on any atom is -0.451 e. The maximum Gasteiger partial charge on any atom is 0.287 e. The Balaban J connectivity index is 1.27. The highest BCUT2D eigenvalue weighted by Crippen LogP contribution is 2.41. The zero-order chi connectivity index (χ0) is 25.8. The number of fused-ring (bicyclic) bond motifs is 2. The fourth-order valence-electron chi connectivity index (χ4n) is 4.86. The highest BCUT2D eigenvalue weighted by Gasteiger charge is 2.52. The van der Waals surface area contributed by atoms with Crippen molar-refractivity contribution in [3.05, 3.63) is 54.6 Å². The second-order valence-corrected chi connectivity index (χ2v) is 9.97. The summed E-state index contributed by atoms with van der Waals surface area (Å²) in [5.41, 5.74) is 1.36. The van der Waals surface area contributed by atoms with E-state index in [-0.39, 0.29) is 18.6 Å². The van der Waals surface area contributed by atoms with E-state index >= 15 is 0 Å². The Kier molecular flexibility index (Phi) is 5.13. The van der Waals surface area contributed by atoms with E-state index < -0.39 is 41.7 Å². The van der Waals surface area contributed by atoms with Crippen LogP contribution in [-0.4, -0.2) is 33.8 Å². The van der Waals surface area contributed by atoms with Crippen LogP contribution >= 0.6 is 0 Å². The van der Waals surface area contributed by atoms with Gasteiger partial charge in [-0.1, -0.05) is 24.1 Å². The lowest BCUT2D eigenvalue weighted by molar-refractivity contribution is -0.133. The zero-order valence-corrected chi connectivity index (χ0v) is 19.8. The molecule has 2 amide bonds. The van der Waals surface area contributed by atoms with Gasteiger partial charge in [-0.05, 0) is 61.1 Å². The molecule has 2 heterocycles. The summed E-state index contributed by atoms with van der Waals surface area (Å²) in [6.45, 7) is 0. The molecular formula is C28H23F2N3O4. The average Bonchev–Trinajstić information content (AvgIpc) is 3.29. The Hall–Kier alpha value is -4.19. The number of carbonyl (C=O) groups excluding carboxylic acids is 2. The third-order valence-electron chi connectivity index (χ3n) is 7.41. The first-order chi connectivity index (χ1) is 17.7. The highest BCUT2D eigenvalue weighted by molar-refractivity contribution is 6.01. The highest BCUT2D eigenvalue weighted by atomic mass is 19.3. The number of aromatic nitrogens is 1. The van der Waals surface area contributed by atoms with Gasteiger partial charge in [-0.25, -0.2) is 13.8 Å². The summed E-state index contributed by atoms with van der Waals surface area (Å²) < 4.78 is 39.1. The summed E-state index contributed by atoms with van der Waals surface area (Å²) in [5.74, 6) is -1.51. The van der Waals surface area contributed by atoms with Crippen LogP contribution in [0.2, 0.25) is 0 Å². The molecule has 0 spiro atoms. The topological polar surface area (TPSA) is 97.4 Å². The van der Waals surface area contributed by atoms with Gasteiger partial charge in [0.2, 0.25) is 11.8 Å². The number of oxazole rings is 1. The smallest absolute Gasteiger partial charge is 0.287 e. The van der Waals surface area contributed by atoms with Gasteiger partial charge in [-0.2, -0.15) is 0 Å². The van der Waals surface area contributed by atoms with Gasteiger partial charge in [0.05, 0.1) is 0 Å². The third kappa shape index (κ3) is 4.22. The number of nitrogens with one attached hydrogen (secondary N) is 2. The Morgan fingerprint density at radius 3 is 2.38 bits per heavy atom. The van der Waals surface area contributed by atoms with Gasteiger partial charge < -0.3 is 19.5 Å². The lowest BCUT2D eigenvalue weighted by Crippen LogP contribution is -2.62. The Bertz CT molecular complexity index is 1580. The van der Waals surface area contributed by atoms with Gasteiger partial charge in [-0.3, -0.25) is 9.59 Å². The molecule has 37 heavy (non-hydrogen) atoms. The molecule has 2 aromatic carbocycles. The molecule has 0 atom stereocenters. The van der Waals surface area contributed by atoms with Crippen molar-refractivity contribution in [1.29, 1.82) is 0 Å². The van der Waals surface area contributed by atoms with E-state index in [4.69, 9.17) is 15.3 Å². The lowest BCUT2D eigenvalue weighted by atomic mass is 9.78. The van der Waals surface area contributed by atoms with E-state index in [1.807, 2.05) is 30.3 Å². The van der Waals surface area contributed by atoms with Crippen LogP contribution in [-0.2, 0) is 4.79 Å². The largest absolute Gasteiger partial charge is 0.451 e. The van der Waals surface area contributed by atoms with Gasteiger partial charge in [0, 0.05) is 18.2 Å². The van der Waals surface area contributed by atoms with Crippen molar-refractivity contribution in [2.24, 2.45) is 0 Å². The van der Waals surface area contributed by atoms with Crippen molar-refractivity contribution in [1.82, 2.24) is 15.6 Å². The Labute approximate surface area is 210 Å². The van der Waals surface area contributed by atoms with Gasteiger partial charge in [0.1, 0.15) is 22.2 Å². The number of benzene rings is 2. The second kappa shape index (κ2) is 8.17. The van der Waals surface area contributed by atoms with Gasteiger partial charge in [-0.15, -0.1) is 6.42 Å². The number of halogens is 2. The molecule has 2 saturated carbocycles. The molecule has 188 valence electrons. The van der Waals surface area contributed by atoms with Crippen molar-refractivity contribution in [2.75, 3.05) is 0 Å². The maximum atomic E-state index is 14.0. The van der Waals surface area contributed by atoms with Crippen molar-refractivity contribution in [2.45, 2.75) is 55.5 Å². The third-order valence-corrected chi connectivity index (χ3v) is 7.41. The number of hydrogen-bond donors (Lipinski definition) is 2. The van der Waals surface area contributed by atoms with Gasteiger partial charge in [0.15, 0.2) is 17.7 Å². The first kappa shape index (κ1) is 23.2. The fourth-order valence-corrected chi connectivity index (χ4v) is 4.86. The number of rotatable bonds is 5. The monoisotopic (exact) mass is 503 g/mol. The average molecular weight is 504 g/mol. The van der Waals surface area contributed by atoms with Crippen LogP contribution in [0.25, 0.3) is 33.2 Å². The van der Waals surface area contributed by atoms with Crippen LogP contribution in [0.5, 0.6) is 0 Å². The standard InChI is InChI=1S/C28H23F2N3O4/c1-2-26(7-8-26)33-25(35)27(9-11-28(29,30)12-10-27)32-24(34)23-15-19-4-3-18(14-22(19)37-23)17-5-6-21-20(13-17)31-16-36-21/h1,3-6,13-16H,7-12H2,(H,32,34)(H,33,35). The van der Waals surface area contributed by atoms with Crippen LogP contribution in [0.4, 0.5) is 8.78 Å². The number of alkyl halides is 2. The minimum atomic E-state index is -2.89. The predicted molar refractivity (Wildman–Crippen MR) is 132 cm³/mol. The summed E-state index contributed by atoms with van der Waals surface area (Å²) in [5, 5.41) is 6.21. The van der Waals surface area contributed by atoms with Gasteiger partial charge in [0.25, 0.3) is 5.91 Å². The molecule has 2 N–H and O–H groups in total. The molecule has 0 saturated heterocycles. The normalized spacial score (nSPS) is 19.3. The van der Waals surface area contributed by atoms with Gasteiger partial charge >= 0.3 is 0 Å². The lowest BCUT2D eigenvalue weighted by Gasteiger charge is -2.39. The molecule has 0 aliphatic heterocycles. The maximum absolute atomic E-state index is 14.0. The first-order valence-corrected chi connectivity index (χ1v) is 12.1. The van der Waals surface area contributed by atoms with E-state index in [1.54, 1.807) is 12.1 Å². The molecule has 0 unspecified atom stereocenters. The predicted octanol–water partition coefficient (Wildman–Crippen LogP) is 5.20. The Morgan fingerprint density at radius 1 is 0.919 bits per heavy atom. The Morgan fingerprint density at radius 2 is 1.65 bits per heavy atom. The SMILES string of the molecule is C#CC1(NC(=O)C2(NC(=O)c3cc4ccc(-c5ccc6ocnc6c5)cc4o3)CCC(F)(F)CC2)CC1. The van der Waals surface area contributed by atoms with E-state index in [2.05, 4.69) is 21.5 Å².